The topological polar surface area (TPSA) is 44.8 Å². The van der Waals surface area contributed by atoms with Crippen molar-refractivity contribution >= 4 is 5.97 Å². The number of carbonyl (C=O) groups is 1. The number of rotatable bonds is 8. The molecule has 0 N–H and O–H groups in total. The van der Waals surface area contributed by atoms with Crippen molar-refractivity contribution in [1.82, 2.24) is 0 Å². The van der Waals surface area contributed by atoms with E-state index in [0.717, 1.165) is 22.3 Å². The van der Waals surface area contributed by atoms with Crippen LogP contribution in [0.15, 0.2) is 60.7 Å². The Bertz CT molecular complexity index is 1280. The molecule has 0 aliphatic rings. The van der Waals surface area contributed by atoms with Crippen LogP contribution in [0.25, 0.3) is 11.1 Å². The van der Waals surface area contributed by atoms with Gasteiger partial charge in [-0.1, -0.05) is 57.9 Å². The highest BCUT2D eigenvalue weighted by molar-refractivity contribution is 5.72. The molecule has 0 aliphatic heterocycles. The molecule has 5 heteroatoms. The van der Waals surface area contributed by atoms with E-state index >= 15 is 0 Å². The highest BCUT2D eigenvalue weighted by Gasteiger charge is 2.21. The summed E-state index contributed by atoms with van der Waals surface area (Å²) in [6.45, 7) is 8.63. The van der Waals surface area contributed by atoms with Crippen molar-refractivity contribution in [3.63, 3.8) is 0 Å². The van der Waals surface area contributed by atoms with Crippen molar-refractivity contribution < 1.29 is 23.4 Å². The van der Waals surface area contributed by atoms with Gasteiger partial charge in [0.2, 0.25) is 0 Å². The third-order valence-electron chi connectivity index (χ3n) is 6.10. The van der Waals surface area contributed by atoms with Crippen molar-refractivity contribution in [1.29, 1.82) is 0 Å². The Morgan fingerprint density at radius 1 is 0.946 bits per heavy atom. The van der Waals surface area contributed by atoms with Gasteiger partial charge in [0.15, 0.2) is 0 Å². The van der Waals surface area contributed by atoms with E-state index in [1.54, 1.807) is 19.2 Å². The summed E-state index contributed by atoms with van der Waals surface area (Å²) in [5, 5.41) is 0. The summed E-state index contributed by atoms with van der Waals surface area (Å²) in [4.78, 5) is 11.8. The molecule has 1 atom stereocenters. The van der Waals surface area contributed by atoms with E-state index in [-0.39, 0.29) is 29.5 Å². The molecule has 37 heavy (non-hydrogen) atoms. The lowest BCUT2D eigenvalue weighted by Gasteiger charge is -2.24. The maximum atomic E-state index is 14.9. The molecular weight excluding hydrogens is 467 g/mol. The third kappa shape index (κ3) is 7.36. The van der Waals surface area contributed by atoms with Gasteiger partial charge >= 0.3 is 5.97 Å². The quantitative estimate of drug-likeness (QED) is 0.237. The van der Waals surface area contributed by atoms with E-state index in [2.05, 4.69) is 32.6 Å². The molecule has 0 saturated carbocycles. The lowest BCUT2D eigenvalue weighted by atomic mass is 9.81. The van der Waals surface area contributed by atoms with E-state index in [9.17, 15) is 9.18 Å². The number of methoxy groups -OCH3 is 2. The summed E-state index contributed by atoms with van der Waals surface area (Å²) < 4.78 is 31.1. The zero-order valence-electron chi connectivity index (χ0n) is 22.5. The minimum atomic E-state index is -0.298. The zero-order valence-corrected chi connectivity index (χ0v) is 22.5. The van der Waals surface area contributed by atoms with Gasteiger partial charge in [0, 0.05) is 12.0 Å². The molecular formula is C32H35FO4. The number of halogens is 1. The third-order valence-corrected chi connectivity index (χ3v) is 6.10. The van der Waals surface area contributed by atoms with Crippen molar-refractivity contribution in [2.45, 2.75) is 58.5 Å². The van der Waals surface area contributed by atoms with Crippen molar-refractivity contribution in [2.75, 3.05) is 14.2 Å². The minimum Gasteiger partial charge on any atom is -0.497 e. The fourth-order valence-corrected chi connectivity index (χ4v) is 4.09. The van der Waals surface area contributed by atoms with Gasteiger partial charge in [-0.3, -0.25) is 4.79 Å². The summed E-state index contributed by atoms with van der Waals surface area (Å²) in [5.41, 5.74) is 4.04. The molecule has 0 fully saturated rings. The second kappa shape index (κ2) is 12.5. The van der Waals surface area contributed by atoms with Crippen LogP contribution in [-0.4, -0.2) is 20.2 Å². The predicted molar refractivity (Wildman–Crippen MR) is 145 cm³/mol. The number of esters is 1. The van der Waals surface area contributed by atoms with Gasteiger partial charge in [0.1, 0.15) is 23.9 Å². The van der Waals surface area contributed by atoms with Crippen LogP contribution in [-0.2, 0) is 21.6 Å². The Balaban J connectivity index is 1.84. The van der Waals surface area contributed by atoms with Crippen LogP contribution < -0.4 is 9.47 Å². The molecule has 0 bridgehead atoms. The molecule has 0 radical (unpaired) electrons. The number of hydrogen-bond acceptors (Lipinski definition) is 4. The summed E-state index contributed by atoms with van der Waals surface area (Å²) in [7, 11) is 2.96. The highest BCUT2D eigenvalue weighted by Crippen LogP contribution is 2.37. The second-order valence-electron chi connectivity index (χ2n) is 9.84. The van der Waals surface area contributed by atoms with Crippen LogP contribution in [0.1, 0.15) is 63.1 Å². The Morgan fingerprint density at radius 2 is 1.65 bits per heavy atom. The number of carbonyl (C=O) groups excluding carboxylic acids is 1. The number of benzene rings is 3. The lowest BCUT2D eigenvalue weighted by molar-refractivity contribution is -0.140. The van der Waals surface area contributed by atoms with Crippen LogP contribution in [0.3, 0.4) is 0 Å². The van der Waals surface area contributed by atoms with Crippen molar-refractivity contribution in [2.24, 2.45) is 0 Å². The molecule has 3 rings (SSSR count). The first-order valence-electron chi connectivity index (χ1n) is 12.4. The minimum absolute atomic E-state index is 0.179. The van der Waals surface area contributed by atoms with Crippen LogP contribution in [0, 0.1) is 17.7 Å². The van der Waals surface area contributed by atoms with E-state index in [1.165, 1.54) is 13.2 Å². The van der Waals surface area contributed by atoms with Gasteiger partial charge in [-0.25, -0.2) is 4.39 Å². The molecule has 3 aromatic rings. The fourth-order valence-electron chi connectivity index (χ4n) is 4.09. The monoisotopic (exact) mass is 502 g/mol. The van der Waals surface area contributed by atoms with E-state index in [4.69, 9.17) is 14.2 Å². The highest BCUT2D eigenvalue weighted by atomic mass is 19.1. The smallest absolute Gasteiger partial charge is 0.307 e. The molecule has 0 aromatic heterocycles. The van der Waals surface area contributed by atoms with Crippen molar-refractivity contribution in [3.05, 3.63) is 83.2 Å². The second-order valence-corrected chi connectivity index (χ2v) is 9.84. The zero-order chi connectivity index (χ0) is 27.0. The largest absolute Gasteiger partial charge is 0.497 e. The average molecular weight is 503 g/mol. The molecule has 194 valence electrons. The maximum Gasteiger partial charge on any atom is 0.307 e. The molecule has 0 saturated heterocycles. The normalized spacial score (nSPS) is 11.8. The summed E-state index contributed by atoms with van der Waals surface area (Å²) in [6.07, 6.45) is 0.919. The molecule has 4 nitrogen and oxygen atoms in total. The molecule has 0 unspecified atom stereocenters. The van der Waals surface area contributed by atoms with Gasteiger partial charge in [-0.15, -0.1) is 5.92 Å². The van der Waals surface area contributed by atoms with Crippen LogP contribution in [0.5, 0.6) is 11.5 Å². The van der Waals surface area contributed by atoms with Gasteiger partial charge in [-0.2, -0.15) is 0 Å². The Morgan fingerprint density at radius 3 is 2.27 bits per heavy atom. The van der Waals surface area contributed by atoms with Crippen LogP contribution in [0.2, 0.25) is 0 Å². The Kier molecular flexibility index (Phi) is 9.36. The first kappa shape index (κ1) is 27.8. The molecule has 0 aliphatic carbocycles. The van der Waals surface area contributed by atoms with E-state index in [1.807, 2.05) is 49.4 Å². The number of ether oxygens (including phenoxy) is 3. The molecule has 0 heterocycles. The Hall–Kier alpha value is -3.78. The molecule has 3 aromatic carbocycles. The first-order chi connectivity index (χ1) is 17.7. The van der Waals surface area contributed by atoms with Crippen LogP contribution >= 0.6 is 0 Å². The van der Waals surface area contributed by atoms with Gasteiger partial charge in [0.05, 0.1) is 26.6 Å². The van der Waals surface area contributed by atoms with Crippen molar-refractivity contribution in [3.8, 4) is 34.5 Å². The first-order valence-corrected chi connectivity index (χ1v) is 12.4. The maximum absolute atomic E-state index is 14.9. The summed E-state index contributed by atoms with van der Waals surface area (Å²) in [6, 6.07) is 18.4. The SMILES string of the molecule is CCC#C[C@@H](CC(=O)OC)c1ccc(OCc2ccc(C(C)(C)C)c(-c3cc(OC)ccc3F)c2)cc1. The molecule has 0 amide bonds. The van der Waals surface area contributed by atoms with Gasteiger partial charge < -0.3 is 14.2 Å². The van der Waals surface area contributed by atoms with Crippen LogP contribution in [0.4, 0.5) is 4.39 Å². The summed E-state index contributed by atoms with van der Waals surface area (Å²) in [5.74, 6) is 6.68. The van der Waals surface area contributed by atoms with Gasteiger partial charge in [0.25, 0.3) is 0 Å². The van der Waals surface area contributed by atoms with Gasteiger partial charge in [-0.05, 0) is 64.1 Å². The predicted octanol–water partition coefficient (Wildman–Crippen LogP) is 7.44. The Labute approximate surface area is 219 Å². The average Bonchev–Trinajstić information content (AvgIpc) is 2.89. The van der Waals surface area contributed by atoms with E-state index in [0.29, 0.717) is 30.1 Å². The summed E-state index contributed by atoms with van der Waals surface area (Å²) >= 11 is 0. The molecule has 0 spiro atoms. The standard InChI is InChI=1S/C32H35FO4/c1-7-8-9-24(19-31(34)36-6)23-11-13-25(14-12-23)37-21-22-10-16-29(32(2,3)4)27(18-22)28-20-26(35-5)15-17-30(28)33/h10-18,20,24H,7,19,21H2,1-6H3/t24-/m0/s1. The fraction of sp³-hybridized carbons (Fsp3) is 0.344. The lowest BCUT2D eigenvalue weighted by Crippen LogP contribution is -2.13. The number of hydrogen-bond donors (Lipinski definition) is 0. The van der Waals surface area contributed by atoms with E-state index < -0.39 is 0 Å².